The molecule has 2 heterocycles. The van der Waals surface area contributed by atoms with E-state index in [1.807, 2.05) is 24.3 Å². The Labute approximate surface area is 137 Å². The van der Waals surface area contributed by atoms with Crippen LogP contribution >= 0.6 is 0 Å². The molecule has 0 saturated carbocycles. The highest BCUT2D eigenvalue weighted by Crippen LogP contribution is 2.10. The van der Waals surface area contributed by atoms with Gasteiger partial charge < -0.3 is 10.6 Å². The first kappa shape index (κ1) is 15.7. The van der Waals surface area contributed by atoms with Gasteiger partial charge in [-0.25, -0.2) is 9.97 Å². The fourth-order valence-electron chi connectivity index (χ4n) is 2.10. The Morgan fingerprint density at radius 1 is 0.750 bits per heavy atom. The maximum atomic E-state index is 12.9. The lowest BCUT2D eigenvalue weighted by molar-refractivity contribution is 0.539. The molecule has 0 aliphatic carbocycles. The fraction of sp³-hybridized carbons (Fsp3) is 0.125. The van der Waals surface area contributed by atoms with Crippen LogP contribution in [-0.4, -0.2) is 19.9 Å². The highest BCUT2D eigenvalue weighted by molar-refractivity contribution is 5.37. The summed E-state index contributed by atoms with van der Waals surface area (Å²) in [7, 11) is 0. The minimum Gasteiger partial charge on any atom is -0.366 e. The summed E-state index contributed by atoms with van der Waals surface area (Å²) in [6.07, 6.45) is 1.17. The molecule has 8 heteroatoms. The molecule has 3 rings (SSSR count). The van der Waals surface area contributed by atoms with Gasteiger partial charge in [-0.15, -0.1) is 0 Å². The molecule has 122 valence electrons. The first-order chi connectivity index (χ1) is 11.7. The molecule has 6 nitrogen and oxygen atoms in total. The summed E-state index contributed by atoms with van der Waals surface area (Å²) in [6.45, 7) is 0.985. The van der Waals surface area contributed by atoms with Gasteiger partial charge in [0.05, 0.1) is 0 Å². The van der Waals surface area contributed by atoms with Crippen molar-refractivity contribution >= 4 is 11.6 Å². The molecule has 0 saturated heterocycles. The summed E-state index contributed by atoms with van der Waals surface area (Å²) < 4.78 is 25.9. The lowest BCUT2D eigenvalue weighted by Gasteiger charge is -2.09. The van der Waals surface area contributed by atoms with Crippen molar-refractivity contribution in [1.29, 1.82) is 0 Å². The van der Waals surface area contributed by atoms with Gasteiger partial charge in [0, 0.05) is 25.5 Å². The van der Waals surface area contributed by atoms with E-state index >= 15 is 0 Å². The summed E-state index contributed by atoms with van der Waals surface area (Å²) in [5.41, 5.74) is 2.00. The van der Waals surface area contributed by atoms with Gasteiger partial charge in [0.25, 0.3) is 0 Å². The molecule has 24 heavy (non-hydrogen) atoms. The Balaban J connectivity index is 1.59. The number of rotatable bonds is 6. The minimum atomic E-state index is -0.768. The van der Waals surface area contributed by atoms with Crippen molar-refractivity contribution in [2.24, 2.45) is 0 Å². The smallest absolute Gasteiger partial charge is 0.310 e. The van der Waals surface area contributed by atoms with Crippen LogP contribution in [0.4, 0.5) is 20.4 Å². The number of hydrogen-bond donors (Lipinski definition) is 2. The summed E-state index contributed by atoms with van der Waals surface area (Å²) in [4.78, 5) is 14.1. The summed E-state index contributed by atoms with van der Waals surface area (Å²) >= 11 is 0. The standard InChI is InChI=1S/C16H14F2N6/c17-15-19-6-4-13(23-15)21-9-11-2-1-3-12(8-11)10-22-14-5-7-20-16(18)24-14/h1-8H,9-10H2,(H,19,21,23)(H,20,22,24). The normalized spacial score (nSPS) is 10.4. The predicted octanol–water partition coefficient (Wildman–Crippen LogP) is 2.77. The number of aromatic nitrogens is 4. The summed E-state index contributed by atoms with van der Waals surface area (Å²) in [5, 5.41) is 6.06. The minimum absolute atomic E-state index is 0.419. The van der Waals surface area contributed by atoms with Crippen LogP contribution in [-0.2, 0) is 13.1 Å². The van der Waals surface area contributed by atoms with E-state index in [-0.39, 0.29) is 0 Å². The average Bonchev–Trinajstić information content (AvgIpc) is 2.59. The van der Waals surface area contributed by atoms with Crippen LogP contribution < -0.4 is 10.6 Å². The zero-order valence-corrected chi connectivity index (χ0v) is 12.6. The van der Waals surface area contributed by atoms with Crippen LogP contribution in [0.2, 0.25) is 0 Å². The van der Waals surface area contributed by atoms with E-state index < -0.39 is 12.2 Å². The molecule has 2 aromatic heterocycles. The first-order valence-electron chi connectivity index (χ1n) is 7.22. The molecule has 0 aliphatic heterocycles. The Bertz CT molecular complexity index is 762. The molecule has 0 amide bonds. The zero-order chi connectivity index (χ0) is 16.8. The van der Waals surface area contributed by atoms with Crippen LogP contribution in [0.1, 0.15) is 11.1 Å². The summed E-state index contributed by atoms with van der Waals surface area (Å²) in [5.74, 6) is 0.838. The number of benzene rings is 1. The highest BCUT2D eigenvalue weighted by Gasteiger charge is 2.01. The van der Waals surface area contributed by atoms with Gasteiger partial charge in [-0.3, -0.25) is 0 Å². The molecule has 0 atom stereocenters. The molecule has 0 unspecified atom stereocenters. The second-order valence-electron chi connectivity index (χ2n) is 4.95. The Kier molecular flexibility index (Phi) is 4.85. The maximum Gasteiger partial charge on any atom is 0.310 e. The molecule has 0 aliphatic rings. The van der Waals surface area contributed by atoms with Crippen molar-refractivity contribution < 1.29 is 8.78 Å². The van der Waals surface area contributed by atoms with Crippen LogP contribution in [0.15, 0.2) is 48.8 Å². The third-order valence-electron chi connectivity index (χ3n) is 3.19. The number of hydrogen-bond acceptors (Lipinski definition) is 6. The maximum absolute atomic E-state index is 12.9. The number of anilines is 2. The Morgan fingerprint density at radius 3 is 1.71 bits per heavy atom. The number of nitrogens with one attached hydrogen (secondary N) is 2. The molecule has 3 aromatic rings. The third kappa shape index (κ3) is 4.42. The number of nitrogens with zero attached hydrogens (tertiary/aromatic N) is 4. The monoisotopic (exact) mass is 328 g/mol. The molecule has 0 spiro atoms. The van der Waals surface area contributed by atoms with Gasteiger partial charge in [0.15, 0.2) is 0 Å². The second-order valence-corrected chi connectivity index (χ2v) is 4.95. The molecule has 0 bridgehead atoms. The Morgan fingerprint density at radius 2 is 1.25 bits per heavy atom. The van der Waals surface area contributed by atoms with Crippen LogP contribution in [0.25, 0.3) is 0 Å². The van der Waals surface area contributed by atoms with Gasteiger partial charge >= 0.3 is 12.2 Å². The van der Waals surface area contributed by atoms with Crippen molar-refractivity contribution in [2.75, 3.05) is 10.6 Å². The zero-order valence-electron chi connectivity index (χ0n) is 12.6. The van der Waals surface area contributed by atoms with Crippen molar-refractivity contribution in [2.45, 2.75) is 13.1 Å². The second kappa shape index (κ2) is 7.40. The number of halogens is 2. The van der Waals surface area contributed by atoms with Gasteiger partial charge in [-0.05, 0) is 23.3 Å². The van der Waals surface area contributed by atoms with E-state index in [2.05, 4.69) is 30.6 Å². The first-order valence-corrected chi connectivity index (χ1v) is 7.22. The molecular weight excluding hydrogens is 314 g/mol. The van der Waals surface area contributed by atoms with Crippen molar-refractivity contribution in [3.8, 4) is 0 Å². The van der Waals surface area contributed by atoms with E-state index in [9.17, 15) is 8.78 Å². The van der Waals surface area contributed by atoms with E-state index in [0.29, 0.717) is 24.7 Å². The Hall–Kier alpha value is -3.16. The van der Waals surface area contributed by atoms with Gasteiger partial charge in [-0.1, -0.05) is 24.3 Å². The SMILES string of the molecule is Fc1nccc(NCc2cccc(CNc3ccnc(F)n3)c2)n1. The molecule has 2 N–H and O–H groups in total. The lowest BCUT2D eigenvalue weighted by atomic mass is 10.1. The van der Waals surface area contributed by atoms with Crippen LogP contribution in [0.3, 0.4) is 0 Å². The van der Waals surface area contributed by atoms with E-state index in [4.69, 9.17) is 0 Å². The predicted molar refractivity (Wildman–Crippen MR) is 85.1 cm³/mol. The van der Waals surface area contributed by atoms with E-state index in [1.54, 1.807) is 12.1 Å². The lowest BCUT2D eigenvalue weighted by Crippen LogP contribution is -2.05. The molecule has 0 radical (unpaired) electrons. The third-order valence-corrected chi connectivity index (χ3v) is 3.19. The summed E-state index contributed by atoms with van der Waals surface area (Å²) in [6, 6.07) is 11.0. The average molecular weight is 328 g/mol. The van der Waals surface area contributed by atoms with Gasteiger partial charge in [0.1, 0.15) is 11.6 Å². The quantitative estimate of drug-likeness (QED) is 0.678. The van der Waals surface area contributed by atoms with Crippen LogP contribution in [0.5, 0.6) is 0 Å². The van der Waals surface area contributed by atoms with Crippen molar-refractivity contribution in [1.82, 2.24) is 19.9 Å². The van der Waals surface area contributed by atoms with E-state index in [1.165, 1.54) is 12.4 Å². The fourth-order valence-corrected chi connectivity index (χ4v) is 2.10. The molecule has 0 fully saturated rings. The van der Waals surface area contributed by atoms with Gasteiger partial charge in [-0.2, -0.15) is 18.7 Å². The van der Waals surface area contributed by atoms with Crippen molar-refractivity contribution in [3.05, 3.63) is 72.1 Å². The highest BCUT2D eigenvalue weighted by atomic mass is 19.1. The van der Waals surface area contributed by atoms with Crippen molar-refractivity contribution in [3.63, 3.8) is 0 Å². The van der Waals surface area contributed by atoms with Crippen LogP contribution in [0, 0.1) is 12.2 Å². The molecular formula is C16H14F2N6. The largest absolute Gasteiger partial charge is 0.366 e. The molecule has 1 aromatic carbocycles. The van der Waals surface area contributed by atoms with E-state index in [0.717, 1.165) is 11.1 Å². The van der Waals surface area contributed by atoms with Gasteiger partial charge in [0.2, 0.25) is 0 Å². The topological polar surface area (TPSA) is 75.6 Å².